The molecular formula is C34H41FN6O9. The van der Waals surface area contributed by atoms with Crippen LogP contribution in [-0.2, 0) is 14.2 Å². The van der Waals surface area contributed by atoms with Gasteiger partial charge in [-0.25, -0.2) is 33.5 Å². The van der Waals surface area contributed by atoms with Gasteiger partial charge in [-0.15, -0.1) is 0 Å². The van der Waals surface area contributed by atoms with Gasteiger partial charge in [-0.2, -0.15) is 0 Å². The van der Waals surface area contributed by atoms with Crippen molar-refractivity contribution in [2.45, 2.75) is 72.7 Å². The largest absolute Gasteiger partial charge is 0.474 e. The van der Waals surface area contributed by atoms with Gasteiger partial charge < -0.3 is 29.0 Å². The standard InChI is InChI=1S/C34H41FN6O9/c1-17-15-40(32(46)50-34(6,7)8)16-23(17)48-29(42)38-24-12-19-11-20(21-13-37-28-27(18(21)2)41(31(44)45)9-10-47-28)25(35)26(22(19)14-36-24)39-30(43)49-33(3,4)5/h11-14,17,23H,9-10,15-16H2,1-8H3,(H,39,43)(H,44,45)(H,36,38,42). The van der Waals surface area contributed by atoms with E-state index in [2.05, 4.69) is 20.6 Å². The van der Waals surface area contributed by atoms with Crippen LogP contribution < -0.4 is 20.3 Å². The molecule has 1 fully saturated rings. The fraction of sp³-hybridized carbons (Fsp3) is 0.471. The van der Waals surface area contributed by atoms with E-state index in [0.717, 1.165) is 4.90 Å². The summed E-state index contributed by atoms with van der Waals surface area (Å²) in [5.41, 5.74) is -1.04. The van der Waals surface area contributed by atoms with Gasteiger partial charge in [0.05, 0.1) is 18.8 Å². The van der Waals surface area contributed by atoms with Crippen LogP contribution in [0.4, 0.5) is 40.8 Å². The number of aromatic nitrogens is 2. The Balaban J connectivity index is 1.48. The van der Waals surface area contributed by atoms with E-state index in [0.29, 0.717) is 17.5 Å². The van der Waals surface area contributed by atoms with Gasteiger partial charge >= 0.3 is 24.4 Å². The van der Waals surface area contributed by atoms with Crippen LogP contribution in [0.25, 0.3) is 21.9 Å². The van der Waals surface area contributed by atoms with Gasteiger partial charge in [0.15, 0.2) is 5.82 Å². The normalized spacial score (nSPS) is 17.5. The summed E-state index contributed by atoms with van der Waals surface area (Å²) in [5, 5.41) is 15.4. The average Bonchev–Trinajstić information content (AvgIpc) is 3.36. The minimum absolute atomic E-state index is 0.0194. The predicted octanol–water partition coefficient (Wildman–Crippen LogP) is 6.77. The van der Waals surface area contributed by atoms with Crippen LogP contribution in [0.1, 0.15) is 54.0 Å². The maximum atomic E-state index is 16.5. The molecule has 5 rings (SSSR count). The number of benzene rings is 1. The minimum atomic E-state index is -1.22. The van der Waals surface area contributed by atoms with Crippen LogP contribution in [0.3, 0.4) is 0 Å². The number of likely N-dealkylation sites (tertiary alicyclic amines) is 1. The van der Waals surface area contributed by atoms with Crippen molar-refractivity contribution in [1.29, 1.82) is 0 Å². The number of fused-ring (bicyclic) bond motifs is 2. The predicted molar refractivity (Wildman–Crippen MR) is 181 cm³/mol. The van der Waals surface area contributed by atoms with Crippen molar-refractivity contribution in [2.75, 3.05) is 41.8 Å². The van der Waals surface area contributed by atoms with Gasteiger partial charge in [0.2, 0.25) is 5.88 Å². The molecule has 2 unspecified atom stereocenters. The van der Waals surface area contributed by atoms with E-state index in [1.807, 2.05) is 6.92 Å². The maximum Gasteiger partial charge on any atom is 0.413 e. The summed E-state index contributed by atoms with van der Waals surface area (Å²) in [5.74, 6) is -0.865. The second-order valence-electron chi connectivity index (χ2n) is 14.2. The fourth-order valence-electron chi connectivity index (χ4n) is 5.70. The molecule has 2 aliphatic rings. The Labute approximate surface area is 288 Å². The van der Waals surface area contributed by atoms with E-state index >= 15 is 4.39 Å². The summed E-state index contributed by atoms with van der Waals surface area (Å²) in [6.45, 7) is 14.4. The number of amides is 4. The average molecular weight is 697 g/mol. The van der Waals surface area contributed by atoms with Gasteiger partial charge in [0.25, 0.3) is 0 Å². The highest BCUT2D eigenvalue weighted by Gasteiger charge is 2.37. The number of nitrogens with zero attached hydrogens (tertiary/aromatic N) is 4. The SMILES string of the molecule is Cc1c(-c2cc3cc(NC(=O)OC4CN(C(=O)OC(C)(C)C)CC4C)ncc3c(NC(=O)OC(C)(C)C)c2F)cnc2c1N(C(=O)O)CCO2. The molecule has 1 aromatic carbocycles. The van der Waals surface area contributed by atoms with Crippen molar-refractivity contribution < 1.29 is 47.6 Å². The number of carbonyl (C=O) groups is 4. The fourth-order valence-corrected chi connectivity index (χ4v) is 5.70. The number of rotatable bonds is 4. The molecular weight excluding hydrogens is 655 g/mol. The summed E-state index contributed by atoms with van der Waals surface area (Å²) >= 11 is 0. The minimum Gasteiger partial charge on any atom is -0.474 e. The van der Waals surface area contributed by atoms with Crippen LogP contribution in [0, 0.1) is 18.7 Å². The first-order valence-corrected chi connectivity index (χ1v) is 16.0. The van der Waals surface area contributed by atoms with Crippen molar-refractivity contribution in [1.82, 2.24) is 14.9 Å². The van der Waals surface area contributed by atoms with E-state index < -0.39 is 47.5 Å². The molecule has 2 atom stereocenters. The summed E-state index contributed by atoms with van der Waals surface area (Å²) in [6, 6.07) is 2.95. The second-order valence-corrected chi connectivity index (χ2v) is 14.2. The third-order valence-electron chi connectivity index (χ3n) is 7.89. The highest BCUT2D eigenvalue weighted by molar-refractivity contribution is 6.05. The molecule has 1 saturated heterocycles. The van der Waals surface area contributed by atoms with Crippen LogP contribution in [0.15, 0.2) is 24.5 Å². The Morgan fingerprint density at radius 3 is 2.32 bits per heavy atom. The van der Waals surface area contributed by atoms with Crippen molar-refractivity contribution >= 4 is 52.3 Å². The Hall–Kier alpha value is -5.41. The summed E-state index contributed by atoms with van der Waals surface area (Å²) in [6.07, 6.45) is -1.43. The molecule has 3 aromatic rings. The molecule has 4 amide bonds. The molecule has 0 saturated carbocycles. The molecule has 0 spiro atoms. The highest BCUT2D eigenvalue weighted by Crippen LogP contribution is 2.42. The second kappa shape index (κ2) is 13.5. The van der Waals surface area contributed by atoms with E-state index in [1.54, 1.807) is 48.5 Å². The molecule has 2 aromatic heterocycles. The number of pyridine rings is 2. The number of hydrogen-bond donors (Lipinski definition) is 3. The van der Waals surface area contributed by atoms with E-state index in [9.17, 15) is 24.3 Å². The molecule has 3 N–H and O–H groups in total. The monoisotopic (exact) mass is 696 g/mol. The zero-order valence-corrected chi connectivity index (χ0v) is 29.2. The molecule has 15 nitrogen and oxygen atoms in total. The van der Waals surface area contributed by atoms with Gasteiger partial charge in [-0.3, -0.25) is 15.5 Å². The highest BCUT2D eigenvalue weighted by atomic mass is 19.1. The lowest BCUT2D eigenvalue weighted by Gasteiger charge is -2.29. The zero-order chi connectivity index (χ0) is 36.7. The number of carboxylic acid groups (broad SMARTS) is 1. The third-order valence-corrected chi connectivity index (χ3v) is 7.89. The number of halogens is 1. The van der Waals surface area contributed by atoms with Crippen molar-refractivity contribution in [3.63, 3.8) is 0 Å². The van der Waals surface area contributed by atoms with Gasteiger partial charge in [0.1, 0.15) is 35.4 Å². The molecule has 50 heavy (non-hydrogen) atoms. The maximum absolute atomic E-state index is 16.5. The third kappa shape index (κ3) is 7.90. The number of hydrogen-bond acceptors (Lipinski definition) is 10. The lowest BCUT2D eigenvalue weighted by molar-refractivity contribution is 0.0262. The Morgan fingerprint density at radius 1 is 0.960 bits per heavy atom. The first-order chi connectivity index (χ1) is 23.3. The van der Waals surface area contributed by atoms with Gasteiger partial charge in [-0.1, -0.05) is 6.92 Å². The van der Waals surface area contributed by atoms with Crippen molar-refractivity contribution in [3.05, 3.63) is 35.9 Å². The zero-order valence-electron chi connectivity index (χ0n) is 29.2. The molecule has 16 heteroatoms. The van der Waals surface area contributed by atoms with Gasteiger partial charge in [0, 0.05) is 41.4 Å². The molecule has 0 aliphatic carbocycles. The van der Waals surface area contributed by atoms with Crippen molar-refractivity contribution in [2.24, 2.45) is 5.92 Å². The first kappa shape index (κ1) is 35.9. The number of nitrogens with one attached hydrogen (secondary N) is 2. The molecule has 268 valence electrons. The van der Waals surface area contributed by atoms with E-state index in [-0.39, 0.29) is 65.2 Å². The lowest BCUT2D eigenvalue weighted by atomic mass is 9.96. The first-order valence-electron chi connectivity index (χ1n) is 16.0. The summed E-state index contributed by atoms with van der Waals surface area (Å²) < 4.78 is 38.5. The van der Waals surface area contributed by atoms with Crippen LogP contribution in [0.5, 0.6) is 5.88 Å². The topological polar surface area (TPSA) is 182 Å². The van der Waals surface area contributed by atoms with E-state index in [4.69, 9.17) is 18.9 Å². The number of carbonyl (C=O) groups excluding carboxylic acids is 3. The molecule has 0 radical (unpaired) electrons. The summed E-state index contributed by atoms with van der Waals surface area (Å²) in [4.78, 5) is 61.5. The molecule has 4 heterocycles. The Morgan fingerprint density at radius 2 is 1.66 bits per heavy atom. The Kier molecular flexibility index (Phi) is 9.67. The lowest BCUT2D eigenvalue weighted by Crippen LogP contribution is -2.37. The van der Waals surface area contributed by atoms with Gasteiger partial charge in [-0.05, 0) is 71.5 Å². The number of ether oxygens (including phenoxy) is 4. The quantitative estimate of drug-likeness (QED) is 0.245. The Bertz CT molecular complexity index is 1860. The summed E-state index contributed by atoms with van der Waals surface area (Å²) in [7, 11) is 0. The molecule has 0 bridgehead atoms. The van der Waals surface area contributed by atoms with Crippen LogP contribution >= 0.6 is 0 Å². The molecule has 2 aliphatic heterocycles. The van der Waals surface area contributed by atoms with Crippen molar-refractivity contribution in [3.8, 4) is 17.0 Å². The smallest absolute Gasteiger partial charge is 0.413 e. The van der Waals surface area contributed by atoms with Crippen LogP contribution in [0.2, 0.25) is 0 Å². The van der Waals surface area contributed by atoms with E-state index in [1.165, 1.54) is 29.4 Å². The van der Waals surface area contributed by atoms with Crippen LogP contribution in [-0.4, -0.2) is 87.9 Å². The number of anilines is 3.